The molecule has 0 bridgehead atoms. The highest BCUT2D eigenvalue weighted by Gasteiger charge is 2.20. The molecule has 0 saturated carbocycles. The molecule has 0 aliphatic carbocycles. The summed E-state index contributed by atoms with van der Waals surface area (Å²) in [5.74, 6) is -1.03. The number of carbonyl (C=O) groups excluding carboxylic acids is 1. The highest BCUT2D eigenvalue weighted by molar-refractivity contribution is 6.33. The molecular formula is C12H15Cl2FN2O. The van der Waals surface area contributed by atoms with Crippen molar-refractivity contribution >= 4 is 29.9 Å². The van der Waals surface area contributed by atoms with Crippen molar-refractivity contribution in [2.24, 2.45) is 0 Å². The fraction of sp³-hybridized carbons (Fsp3) is 0.417. The molecule has 0 unspecified atom stereocenters. The van der Waals surface area contributed by atoms with Gasteiger partial charge in [0.1, 0.15) is 5.82 Å². The Morgan fingerprint density at radius 1 is 1.50 bits per heavy atom. The molecule has 1 aliphatic rings. The third kappa shape index (κ3) is 3.57. The van der Waals surface area contributed by atoms with Gasteiger partial charge < -0.3 is 10.6 Å². The molecule has 1 aromatic carbocycles. The third-order valence-electron chi connectivity index (χ3n) is 2.82. The van der Waals surface area contributed by atoms with Gasteiger partial charge in [-0.2, -0.15) is 0 Å². The number of rotatable bonds is 2. The minimum Gasteiger partial charge on any atom is -0.348 e. The summed E-state index contributed by atoms with van der Waals surface area (Å²) in [4.78, 5) is 11.9. The summed E-state index contributed by atoms with van der Waals surface area (Å²) in [6, 6.07) is 4.28. The van der Waals surface area contributed by atoms with Gasteiger partial charge in [-0.1, -0.05) is 17.7 Å². The molecule has 6 heteroatoms. The predicted octanol–water partition coefficient (Wildman–Crippen LogP) is 2.38. The largest absolute Gasteiger partial charge is 0.348 e. The molecule has 1 aromatic rings. The first kappa shape index (κ1) is 15.2. The molecule has 18 heavy (non-hydrogen) atoms. The molecule has 0 spiro atoms. The smallest absolute Gasteiger partial charge is 0.256 e. The van der Waals surface area contributed by atoms with Crippen LogP contribution < -0.4 is 10.6 Å². The summed E-state index contributed by atoms with van der Waals surface area (Å²) < 4.78 is 13.5. The lowest BCUT2D eigenvalue weighted by atomic mass is 10.1. The lowest BCUT2D eigenvalue weighted by molar-refractivity contribution is 0.0927. The lowest BCUT2D eigenvalue weighted by Gasteiger charge is -2.24. The van der Waals surface area contributed by atoms with E-state index in [9.17, 15) is 9.18 Å². The molecule has 0 aromatic heterocycles. The van der Waals surface area contributed by atoms with Gasteiger partial charge in [0, 0.05) is 12.6 Å². The van der Waals surface area contributed by atoms with E-state index in [1.807, 2.05) is 0 Å². The summed E-state index contributed by atoms with van der Waals surface area (Å²) in [7, 11) is 0. The Labute approximate surface area is 116 Å². The molecule has 1 heterocycles. The fourth-order valence-corrected chi connectivity index (χ4v) is 2.20. The molecule has 0 radical (unpaired) electrons. The molecule has 1 aliphatic heterocycles. The second-order valence-corrected chi connectivity index (χ2v) is 4.52. The van der Waals surface area contributed by atoms with E-state index in [4.69, 9.17) is 11.6 Å². The molecule has 2 rings (SSSR count). The zero-order valence-corrected chi connectivity index (χ0v) is 11.3. The Balaban J connectivity index is 0.00000162. The zero-order valence-electron chi connectivity index (χ0n) is 9.71. The average Bonchev–Trinajstić information content (AvgIpc) is 2.30. The van der Waals surface area contributed by atoms with E-state index in [0.29, 0.717) is 0 Å². The molecule has 1 fully saturated rings. The zero-order chi connectivity index (χ0) is 12.3. The van der Waals surface area contributed by atoms with Crippen LogP contribution in [-0.2, 0) is 0 Å². The van der Waals surface area contributed by atoms with Crippen molar-refractivity contribution in [3.05, 3.63) is 34.6 Å². The minimum atomic E-state index is -0.584. The van der Waals surface area contributed by atoms with Crippen molar-refractivity contribution in [1.29, 1.82) is 0 Å². The van der Waals surface area contributed by atoms with Gasteiger partial charge in [-0.3, -0.25) is 4.79 Å². The summed E-state index contributed by atoms with van der Waals surface area (Å²) >= 11 is 5.83. The van der Waals surface area contributed by atoms with E-state index < -0.39 is 11.7 Å². The van der Waals surface area contributed by atoms with Crippen LogP contribution in [0.1, 0.15) is 23.2 Å². The second-order valence-electron chi connectivity index (χ2n) is 4.11. The molecule has 1 atom stereocenters. The quantitative estimate of drug-likeness (QED) is 0.879. The topological polar surface area (TPSA) is 41.1 Å². The normalized spacial score (nSPS) is 18.9. The first-order chi connectivity index (χ1) is 8.18. The minimum absolute atomic E-state index is 0. The lowest BCUT2D eigenvalue weighted by Crippen LogP contribution is -2.45. The van der Waals surface area contributed by atoms with Crippen LogP contribution in [0.25, 0.3) is 0 Å². The van der Waals surface area contributed by atoms with Gasteiger partial charge >= 0.3 is 0 Å². The summed E-state index contributed by atoms with van der Waals surface area (Å²) in [6.45, 7) is 1.69. The first-order valence-electron chi connectivity index (χ1n) is 5.64. The van der Waals surface area contributed by atoms with Crippen molar-refractivity contribution in [1.82, 2.24) is 10.6 Å². The van der Waals surface area contributed by atoms with Crippen LogP contribution in [0.5, 0.6) is 0 Å². The summed E-state index contributed by atoms with van der Waals surface area (Å²) in [5.41, 5.74) is -0.0697. The standard InChI is InChI=1S/C12H14ClFN2O.ClH/c13-9-4-1-5-10(14)11(9)12(17)16-8-3-2-6-15-7-8;/h1,4-5,8,15H,2-3,6-7H2,(H,16,17);1H/t8-;/m1./s1. The van der Waals surface area contributed by atoms with E-state index in [1.54, 1.807) is 0 Å². The van der Waals surface area contributed by atoms with Gasteiger partial charge in [-0.05, 0) is 31.5 Å². The van der Waals surface area contributed by atoms with Crippen LogP contribution >= 0.6 is 24.0 Å². The van der Waals surface area contributed by atoms with Crippen LogP contribution in [-0.4, -0.2) is 25.0 Å². The molecule has 100 valence electrons. The SMILES string of the molecule is Cl.O=C(N[C@@H]1CCCNC1)c1c(F)cccc1Cl. The van der Waals surface area contributed by atoms with E-state index in [2.05, 4.69) is 10.6 Å². The van der Waals surface area contributed by atoms with Gasteiger partial charge in [0.25, 0.3) is 5.91 Å². The highest BCUT2D eigenvalue weighted by atomic mass is 35.5. The Hall–Kier alpha value is -0.840. The maximum atomic E-state index is 13.5. The summed E-state index contributed by atoms with van der Waals surface area (Å²) in [5, 5.41) is 6.12. The van der Waals surface area contributed by atoms with E-state index in [-0.39, 0.29) is 29.0 Å². The van der Waals surface area contributed by atoms with Crippen molar-refractivity contribution in [3.63, 3.8) is 0 Å². The summed E-state index contributed by atoms with van der Waals surface area (Å²) in [6.07, 6.45) is 1.92. The van der Waals surface area contributed by atoms with E-state index >= 15 is 0 Å². The number of carbonyl (C=O) groups is 1. The number of amides is 1. The van der Waals surface area contributed by atoms with Crippen molar-refractivity contribution in [2.75, 3.05) is 13.1 Å². The number of piperidine rings is 1. The number of hydrogen-bond donors (Lipinski definition) is 2. The van der Waals surface area contributed by atoms with Crippen LogP contribution in [0.4, 0.5) is 4.39 Å². The van der Waals surface area contributed by atoms with Crippen LogP contribution in [0.3, 0.4) is 0 Å². The fourth-order valence-electron chi connectivity index (χ4n) is 1.95. The number of halogens is 3. The number of nitrogens with one attached hydrogen (secondary N) is 2. The molecule has 1 saturated heterocycles. The molecular weight excluding hydrogens is 278 g/mol. The molecule has 1 amide bonds. The Morgan fingerprint density at radius 3 is 2.89 bits per heavy atom. The van der Waals surface area contributed by atoms with E-state index in [0.717, 1.165) is 25.9 Å². The monoisotopic (exact) mass is 292 g/mol. The van der Waals surface area contributed by atoms with Crippen LogP contribution in [0.15, 0.2) is 18.2 Å². The van der Waals surface area contributed by atoms with Crippen LogP contribution in [0.2, 0.25) is 5.02 Å². The van der Waals surface area contributed by atoms with Crippen molar-refractivity contribution in [2.45, 2.75) is 18.9 Å². The number of hydrogen-bond acceptors (Lipinski definition) is 2. The Morgan fingerprint density at radius 2 is 2.28 bits per heavy atom. The van der Waals surface area contributed by atoms with Gasteiger partial charge in [0.2, 0.25) is 0 Å². The number of benzene rings is 1. The third-order valence-corrected chi connectivity index (χ3v) is 3.14. The second kappa shape index (κ2) is 6.92. The maximum absolute atomic E-state index is 13.5. The Kier molecular flexibility index (Phi) is 5.85. The van der Waals surface area contributed by atoms with Gasteiger partial charge in [-0.25, -0.2) is 4.39 Å². The average molecular weight is 293 g/mol. The highest BCUT2D eigenvalue weighted by Crippen LogP contribution is 2.19. The molecule has 2 N–H and O–H groups in total. The van der Waals surface area contributed by atoms with Gasteiger partial charge in [-0.15, -0.1) is 12.4 Å². The van der Waals surface area contributed by atoms with Gasteiger partial charge in [0.15, 0.2) is 0 Å². The Bertz CT molecular complexity index is 402. The van der Waals surface area contributed by atoms with Crippen LogP contribution in [0, 0.1) is 5.82 Å². The van der Waals surface area contributed by atoms with Crippen molar-refractivity contribution < 1.29 is 9.18 Å². The first-order valence-corrected chi connectivity index (χ1v) is 6.02. The van der Waals surface area contributed by atoms with Gasteiger partial charge in [0.05, 0.1) is 10.6 Å². The predicted molar refractivity (Wildman–Crippen MR) is 72.0 cm³/mol. The van der Waals surface area contributed by atoms with E-state index in [1.165, 1.54) is 18.2 Å². The maximum Gasteiger partial charge on any atom is 0.256 e. The molecule has 3 nitrogen and oxygen atoms in total. The van der Waals surface area contributed by atoms with Crippen molar-refractivity contribution in [3.8, 4) is 0 Å².